The van der Waals surface area contributed by atoms with Gasteiger partial charge in [0.25, 0.3) is 0 Å². The van der Waals surface area contributed by atoms with Crippen LogP contribution in [0.25, 0.3) is 0 Å². The molecule has 0 bridgehead atoms. The van der Waals surface area contributed by atoms with Crippen LogP contribution < -0.4 is 5.32 Å². The molecule has 0 aromatic heterocycles. The lowest BCUT2D eigenvalue weighted by Crippen LogP contribution is -2.45. The van der Waals surface area contributed by atoms with Crippen molar-refractivity contribution in [1.29, 1.82) is 0 Å². The van der Waals surface area contributed by atoms with E-state index in [4.69, 9.17) is 0 Å². The van der Waals surface area contributed by atoms with Gasteiger partial charge in [0.05, 0.1) is 0 Å². The maximum atomic E-state index is 3.62. The normalized spacial score (nSPS) is 31.1. The van der Waals surface area contributed by atoms with Crippen molar-refractivity contribution in [3.8, 4) is 0 Å². The highest BCUT2D eigenvalue weighted by Gasteiger charge is 2.39. The third-order valence-electron chi connectivity index (χ3n) is 4.77. The van der Waals surface area contributed by atoms with Gasteiger partial charge < -0.3 is 5.32 Å². The Hall–Kier alpha value is -0.0800. The Kier molecular flexibility index (Phi) is 4.87. The molecule has 0 radical (unpaired) electrons. The largest absolute Gasteiger partial charge is 0.315 e. The van der Waals surface area contributed by atoms with E-state index in [9.17, 15) is 0 Å². The first kappa shape index (κ1) is 13.4. The summed E-state index contributed by atoms with van der Waals surface area (Å²) in [4.78, 5) is 2.78. The van der Waals surface area contributed by atoms with Gasteiger partial charge >= 0.3 is 0 Å². The minimum atomic E-state index is 0.757. The molecule has 0 aromatic rings. The van der Waals surface area contributed by atoms with Gasteiger partial charge in [0.2, 0.25) is 0 Å². The van der Waals surface area contributed by atoms with Crippen LogP contribution in [0.15, 0.2) is 0 Å². The van der Waals surface area contributed by atoms with Crippen molar-refractivity contribution in [2.45, 2.75) is 52.5 Å². The Balaban J connectivity index is 1.84. The van der Waals surface area contributed by atoms with E-state index in [1.807, 2.05) is 0 Å². The molecule has 3 unspecified atom stereocenters. The van der Waals surface area contributed by atoms with Gasteiger partial charge in [0, 0.05) is 25.7 Å². The van der Waals surface area contributed by atoms with Crippen molar-refractivity contribution in [3.05, 3.63) is 0 Å². The fraction of sp³-hybridized carbons (Fsp3) is 1.00. The maximum Gasteiger partial charge on any atom is 0.0243 e. The predicted octanol–water partition coefficient (Wildman–Crippen LogP) is 2.74. The smallest absolute Gasteiger partial charge is 0.0243 e. The van der Waals surface area contributed by atoms with E-state index in [2.05, 4.69) is 31.0 Å². The van der Waals surface area contributed by atoms with Crippen LogP contribution in [-0.4, -0.2) is 37.1 Å². The van der Waals surface area contributed by atoms with Crippen molar-refractivity contribution in [3.63, 3.8) is 0 Å². The SMILES string of the molecule is CCCNCC(C(C)C)N1CC2CCCC2C1. The summed E-state index contributed by atoms with van der Waals surface area (Å²) >= 11 is 0. The van der Waals surface area contributed by atoms with Gasteiger partial charge in [-0.1, -0.05) is 27.2 Å². The Morgan fingerprint density at radius 3 is 2.35 bits per heavy atom. The molecule has 1 heterocycles. The van der Waals surface area contributed by atoms with Crippen molar-refractivity contribution in [2.24, 2.45) is 17.8 Å². The van der Waals surface area contributed by atoms with Gasteiger partial charge in [-0.3, -0.25) is 4.90 Å². The molecule has 17 heavy (non-hydrogen) atoms. The average molecular weight is 238 g/mol. The summed E-state index contributed by atoms with van der Waals surface area (Å²) in [6, 6.07) is 0.757. The fourth-order valence-corrected chi connectivity index (χ4v) is 3.76. The minimum Gasteiger partial charge on any atom is -0.315 e. The van der Waals surface area contributed by atoms with E-state index < -0.39 is 0 Å². The van der Waals surface area contributed by atoms with Gasteiger partial charge in [-0.25, -0.2) is 0 Å². The molecule has 1 saturated carbocycles. The van der Waals surface area contributed by atoms with Crippen molar-refractivity contribution < 1.29 is 0 Å². The molecule has 1 N–H and O–H groups in total. The van der Waals surface area contributed by atoms with Gasteiger partial charge in [0.15, 0.2) is 0 Å². The van der Waals surface area contributed by atoms with E-state index >= 15 is 0 Å². The molecule has 100 valence electrons. The first-order valence-corrected chi connectivity index (χ1v) is 7.67. The highest BCUT2D eigenvalue weighted by Crippen LogP contribution is 2.39. The number of hydrogen-bond donors (Lipinski definition) is 1. The Labute approximate surface area is 107 Å². The van der Waals surface area contributed by atoms with Gasteiger partial charge in [-0.2, -0.15) is 0 Å². The van der Waals surface area contributed by atoms with Crippen LogP contribution in [-0.2, 0) is 0 Å². The molecule has 0 aromatic carbocycles. The van der Waals surface area contributed by atoms with Crippen LogP contribution in [0.2, 0.25) is 0 Å². The van der Waals surface area contributed by atoms with Crippen LogP contribution in [0.3, 0.4) is 0 Å². The molecule has 2 rings (SSSR count). The van der Waals surface area contributed by atoms with E-state index in [0.29, 0.717) is 0 Å². The van der Waals surface area contributed by atoms with Crippen LogP contribution in [0.1, 0.15) is 46.5 Å². The molecule has 1 aliphatic carbocycles. The average Bonchev–Trinajstić information content (AvgIpc) is 2.83. The second-order valence-corrected chi connectivity index (χ2v) is 6.42. The third-order valence-corrected chi connectivity index (χ3v) is 4.77. The molecule has 1 aliphatic heterocycles. The first-order valence-electron chi connectivity index (χ1n) is 7.67. The lowest BCUT2D eigenvalue weighted by molar-refractivity contribution is 0.174. The topological polar surface area (TPSA) is 15.3 Å². The van der Waals surface area contributed by atoms with Crippen molar-refractivity contribution >= 4 is 0 Å². The summed E-state index contributed by atoms with van der Waals surface area (Å²) in [6.07, 6.45) is 5.72. The van der Waals surface area contributed by atoms with Crippen LogP contribution in [0.4, 0.5) is 0 Å². The third kappa shape index (κ3) is 3.23. The minimum absolute atomic E-state index is 0.757. The van der Waals surface area contributed by atoms with Crippen LogP contribution >= 0.6 is 0 Å². The molecule has 0 amide bonds. The van der Waals surface area contributed by atoms with E-state index in [-0.39, 0.29) is 0 Å². The summed E-state index contributed by atoms with van der Waals surface area (Å²) in [5.41, 5.74) is 0. The quantitative estimate of drug-likeness (QED) is 0.716. The molecule has 2 nitrogen and oxygen atoms in total. The molecule has 3 atom stereocenters. The lowest BCUT2D eigenvalue weighted by atomic mass is 10.0. The second-order valence-electron chi connectivity index (χ2n) is 6.42. The Morgan fingerprint density at radius 2 is 1.82 bits per heavy atom. The Morgan fingerprint density at radius 1 is 1.18 bits per heavy atom. The van der Waals surface area contributed by atoms with Crippen molar-refractivity contribution in [2.75, 3.05) is 26.2 Å². The van der Waals surface area contributed by atoms with E-state index in [0.717, 1.165) is 23.8 Å². The zero-order valence-corrected chi connectivity index (χ0v) is 11.9. The standard InChI is InChI=1S/C15H30N2/c1-4-8-16-9-15(12(2)3)17-10-13-6-5-7-14(13)11-17/h12-16H,4-11H2,1-3H3. The second kappa shape index (κ2) is 6.19. The highest BCUT2D eigenvalue weighted by molar-refractivity contribution is 4.92. The van der Waals surface area contributed by atoms with Crippen molar-refractivity contribution in [1.82, 2.24) is 10.2 Å². The predicted molar refractivity (Wildman–Crippen MR) is 74.2 cm³/mol. The fourth-order valence-electron chi connectivity index (χ4n) is 3.76. The summed E-state index contributed by atoms with van der Waals surface area (Å²) in [5, 5.41) is 3.62. The molecule has 2 heteroatoms. The molecule has 2 aliphatic rings. The van der Waals surface area contributed by atoms with E-state index in [1.54, 1.807) is 0 Å². The zero-order valence-electron chi connectivity index (χ0n) is 11.9. The molecular weight excluding hydrogens is 208 g/mol. The summed E-state index contributed by atoms with van der Waals surface area (Å²) in [6.45, 7) is 12.1. The summed E-state index contributed by atoms with van der Waals surface area (Å²) < 4.78 is 0. The number of fused-ring (bicyclic) bond motifs is 1. The molecule has 2 fully saturated rings. The van der Waals surface area contributed by atoms with Gasteiger partial charge in [-0.15, -0.1) is 0 Å². The molecule has 1 saturated heterocycles. The lowest BCUT2D eigenvalue weighted by Gasteiger charge is -2.32. The monoisotopic (exact) mass is 238 g/mol. The van der Waals surface area contributed by atoms with Gasteiger partial charge in [0.1, 0.15) is 0 Å². The summed E-state index contributed by atoms with van der Waals surface area (Å²) in [7, 11) is 0. The maximum absolute atomic E-state index is 3.62. The highest BCUT2D eigenvalue weighted by atomic mass is 15.2. The number of nitrogens with zero attached hydrogens (tertiary/aromatic N) is 1. The number of nitrogens with one attached hydrogen (secondary N) is 1. The first-order chi connectivity index (χ1) is 8.22. The zero-order chi connectivity index (χ0) is 12.3. The summed E-state index contributed by atoms with van der Waals surface area (Å²) in [5.74, 6) is 2.84. The van der Waals surface area contributed by atoms with Crippen LogP contribution in [0, 0.1) is 17.8 Å². The van der Waals surface area contributed by atoms with Crippen LogP contribution in [0.5, 0.6) is 0 Å². The number of hydrogen-bond acceptors (Lipinski definition) is 2. The molecule has 0 spiro atoms. The Bertz CT molecular complexity index is 215. The van der Waals surface area contributed by atoms with Gasteiger partial charge in [-0.05, 0) is 43.6 Å². The van der Waals surface area contributed by atoms with E-state index in [1.165, 1.54) is 51.9 Å². The number of likely N-dealkylation sites (tertiary alicyclic amines) is 1. The molecular formula is C15H30N2. The number of rotatable bonds is 6.